The Kier molecular flexibility index (Phi) is 3.37. The van der Waals surface area contributed by atoms with Crippen LogP contribution >= 0.6 is 0 Å². The number of rotatable bonds is 2. The average Bonchev–Trinajstić information content (AvgIpc) is 3.21. The van der Waals surface area contributed by atoms with E-state index in [9.17, 15) is 0 Å². The number of nitrogens with one attached hydrogen (secondary N) is 1. The molecule has 0 saturated carbocycles. The van der Waals surface area contributed by atoms with Crippen LogP contribution in [-0.4, -0.2) is 45.6 Å². The summed E-state index contributed by atoms with van der Waals surface area (Å²) in [6.45, 7) is 10.3. The largest absolute Gasteiger partial charge is 0.314 e. The Morgan fingerprint density at radius 2 is 2.27 bits per heavy atom. The summed E-state index contributed by atoms with van der Waals surface area (Å²) in [5.74, 6) is 0. The van der Waals surface area contributed by atoms with Gasteiger partial charge in [-0.05, 0) is 25.0 Å². The second kappa shape index (κ2) is 5.52. The SMILES string of the molecule is [C-]#[N+]c1cccc(-n2cc([C@H]3CC[C@H]4CNCCN43)nn2)c1. The van der Waals surface area contributed by atoms with Gasteiger partial charge in [0.1, 0.15) is 5.69 Å². The van der Waals surface area contributed by atoms with Crippen LogP contribution in [0, 0.1) is 6.57 Å². The zero-order valence-electron chi connectivity index (χ0n) is 12.3. The first-order valence-corrected chi connectivity index (χ1v) is 7.72. The highest BCUT2D eigenvalue weighted by Crippen LogP contribution is 2.35. The fraction of sp³-hybridized carbons (Fsp3) is 0.438. The predicted octanol–water partition coefficient (Wildman–Crippen LogP) is 1.93. The molecule has 0 radical (unpaired) electrons. The maximum atomic E-state index is 7.11. The summed E-state index contributed by atoms with van der Waals surface area (Å²) in [6.07, 6.45) is 4.38. The molecule has 2 fully saturated rings. The first-order chi connectivity index (χ1) is 10.8. The van der Waals surface area contributed by atoms with Gasteiger partial charge in [-0.2, -0.15) is 0 Å². The van der Waals surface area contributed by atoms with E-state index in [4.69, 9.17) is 6.57 Å². The molecule has 3 heterocycles. The molecule has 1 aromatic heterocycles. The maximum absolute atomic E-state index is 7.11. The molecule has 2 saturated heterocycles. The molecule has 2 atom stereocenters. The fourth-order valence-corrected chi connectivity index (χ4v) is 3.55. The van der Waals surface area contributed by atoms with Gasteiger partial charge in [0.15, 0.2) is 5.69 Å². The number of hydrogen-bond donors (Lipinski definition) is 1. The van der Waals surface area contributed by atoms with Crippen LogP contribution in [0.3, 0.4) is 0 Å². The van der Waals surface area contributed by atoms with E-state index >= 15 is 0 Å². The maximum Gasteiger partial charge on any atom is 0.189 e. The molecule has 2 aliphatic rings. The van der Waals surface area contributed by atoms with E-state index in [2.05, 4.69) is 25.4 Å². The van der Waals surface area contributed by atoms with Crippen LogP contribution in [0.25, 0.3) is 10.5 Å². The lowest BCUT2D eigenvalue weighted by Crippen LogP contribution is -2.48. The number of benzene rings is 1. The molecule has 1 N–H and O–H groups in total. The van der Waals surface area contributed by atoms with Crippen LogP contribution in [0.15, 0.2) is 30.5 Å². The number of piperazine rings is 1. The zero-order chi connectivity index (χ0) is 14.9. The van der Waals surface area contributed by atoms with Crippen molar-refractivity contribution in [1.82, 2.24) is 25.2 Å². The fourth-order valence-electron chi connectivity index (χ4n) is 3.55. The van der Waals surface area contributed by atoms with E-state index in [-0.39, 0.29) is 0 Å². The molecule has 112 valence electrons. The summed E-state index contributed by atoms with van der Waals surface area (Å²) in [4.78, 5) is 6.02. The zero-order valence-corrected chi connectivity index (χ0v) is 12.3. The molecule has 0 bridgehead atoms. The molecular weight excluding hydrogens is 276 g/mol. The molecule has 22 heavy (non-hydrogen) atoms. The minimum absolute atomic E-state index is 0.380. The second-order valence-corrected chi connectivity index (χ2v) is 5.91. The molecule has 0 spiro atoms. The van der Waals surface area contributed by atoms with E-state index in [1.54, 1.807) is 10.7 Å². The lowest BCUT2D eigenvalue weighted by molar-refractivity contribution is 0.159. The van der Waals surface area contributed by atoms with E-state index in [0.29, 0.717) is 17.8 Å². The van der Waals surface area contributed by atoms with Gasteiger partial charge in [-0.3, -0.25) is 4.90 Å². The van der Waals surface area contributed by atoms with Gasteiger partial charge in [0.25, 0.3) is 0 Å². The standard InChI is InChI=1S/C16H18N6/c1-17-12-3-2-4-13(9-12)22-11-15(19-20-22)16-6-5-14-10-18-7-8-21(14)16/h2-4,9,11,14,16,18H,5-8,10H2/t14-,16+/m0/s1. The highest BCUT2D eigenvalue weighted by Gasteiger charge is 2.37. The van der Waals surface area contributed by atoms with Gasteiger partial charge >= 0.3 is 0 Å². The molecule has 6 heteroatoms. The van der Waals surface area contributed by atoms with E-state index in [1.807, 2.05) is 24.4 Å². The third-order valence-corrected chi connectivity index (χ3v) is 4.65. The van der Waals surface area contributed by atoms with Crippen molar-refractivity contribution >= 4 is 5.69 Å². The van der Waals surface area contributed by atoms with Crippen molar-refractivity contribution in [2.24, 2.45) is 0 Å². The molecule has 2 aromatic rings. The molecule has 1 aromatic carbocycles. The summed E-state index contributed by atoms with van der Waals surface area (Å²) in [5.41, 5.74) is 2.55. The number of hydrogen-bond acceptors (Lipinski definition) is 4. The van der Waals surface area contributed by atoms with Crippen molar-refractivity contribution in [1.29, 1.82) is 0 Å². The molecule has 0 unspecified atom stereocenters. The quantitative estimate of drug-likeness (QED) is 0.860. The van der Waals surface area contributed by atoms with Crippen molar-refractivity contribution in [3.05, 3.63) is 47.6 Å². The van der Waals surface area contributed by atoms with Crippen LogP contribution in [-0.2, 0) is 0 Å². The first-order valence-electron chi connectivity index (χ1n) is 7.72. The van der Waals surface area contributed by atoms with Crippen LogP contribution < -0.4 is 5.32 Å². The molecular formula is C16H18N6. The summed E-state index contributed by atoms with van der Waals surface area (Å²) in [7, 11) is 0. The normalized spacial score (nSPS) is 24.9. The van der Waals surface area contributed by atoms with Gasteiger partial charge in [0.05, 0.1) is 24.5 Å². The summed E-state index contributed by atoms with van der Waals surface area (Å²) in [5, 5.41) is 12.1. The Balaban J connectivity index is 1.60. The topological polar surface area (TPSA) is 50.3 Å². The van der Waals surface area contributed by atoms with E-state index < -0.39 is 0 Å². The van der Waals surface area contributed by atoms with Crippen LogP contribution in [0.5, 0.6) is 0 Å². The highest BCUT2D eigenvalue weighted by molar-refractivity contribution is 5.51. The monoisotopic (exact) mass is 294 g/mol. The average molecular weight is 294 g/mol. The van der Waals surface area contributed by atoms with Crippen molar-refractivity contribution in [2.75, 3.05) is 19.6 Å². The van der Waals surface area contributed by atoms with Gasteiger partial charge in [-0.15, -0.1) is 5.10 Å². The van der Waals surface area contributed by atoms with Crippen LogP contribution in [0.2, 0.25) is 0 Å². The van der Waals surface area contributed by atoms with Crippen LogP contribution in [0.4, 0.5) is 5.69 Å². The van der Waals surface area contributed by atoms with Crippen LogP contribution in [0.1, 0.15) is 24.6 Å². The first kappa shape index (κ1) is 13.4. The number of fused-ring (bicyclic) bond motifs is 1. The number of aromatic nitrogens is 3. The Labute approximate surface area is 129 Å². The van der Waals surface area contributed by atoms with Gasteiger partial charge < -0.3 is 5.32 Å². The lowest BCUT2D eigenvalue weighted by atomic mass is 10.1. The smallest absolute Gasteiger partial charge is 0.189 e. The molecule has 2 aliphatic heterocycles. The lowest BCUT2D eigenvalue weighted by Gasteiger charge is -2.33. The highest BCUT2D eigenvalue weighted by atomic mass is 15.4. The molecule has 6 nitrogen and oxygen atoms in total. The van der Waals surface area contributed by atoms with Gasteiger partial charge in [-0.1, -0.05) is 17.3 Å². The minimum atomic E-state index is 0.380. The third-order valence-electron chi connectivity index (χ3n) is 4.65. The summed E-state index contributed by atoms with van der Waals surface area (Å²) in [6, 6.07) is 8.49. The number of nitrogens with zero attached hydrogens (tertiary/aromatic N) is 5. The third kappa shape index (κ3) is 2.28. The van der Waals surface area contributed by atoms with Crippen molar-refractivity contribution in [2.45, 2.75) is 24.9 Å². The predicted molar refractivity (Wildman–Crippen MR) is 83.0 cm³/mol. The van der Waals surface area contributed by atoms with Crippen molar-refractivity contribution in [3.8, 4) is 5.69 Å². The Hall–Kier alpha value is -2.23. The molecule has 0 amide bonds. The van der Waals surface area contributed by atoms with Crippen molar-refractivity contribution in [3.63, 3.8) is 0 Å². The second-order valence-electron chi connectivity index (χ2n) is 5.91. The van der Waals surface area contributed by atoms with E-state index in [0.717, 1.165) is 37.4 Å². The summed E-state index contributed by atoms with van der Waals surface area (Å²) >= 11 is 0. The summed E-state index contributed by atoms with van der Waals surface area (Å²) < 4.78 is 1.78. The molecule has 4 rings (SSSR count). The van der Waals surface area contributed by atoms with Crippen molar-refractivity contribution < 1.29 is 0 Å². The minimum Gasteiger partial charge on any atom is -0.314 e. The van der Waals surface area contributed by atoms with Gasteiger partial charge in [-0.25, -0.2) is 9.53 Å². The Morgan fingerprint density at radius 1 is 1.32 bits per heavy atom. The Morgan fingerprint density at radius 3 is 3.18 bits per heavy atom. The van der Waals surface area contributed by atoms with E-state index in [1.165, 1.54) is 6.42 Å². The Bertz CT molecular complexity index is 715. The van der Waals surface area contributed by atoms with Gasteiger partial charge in [0.2, 0.25) is 0 Å². The molecule has 0 aliphatic carbocycles. The van der Waals surface area contributed by atoms with Gasteiger partial charge in [0, 0.05) is 25.7 Å².